The molecule has 0 N–H and O–H groups in total. The Morgan fingerprint density at radius 1 is 0.459 bits per heavy atom. The number of rotatable bonds is 4. The first-order valence-corrected chi connectivity index (χ1v) is 19.3. The van der Waals surface area contributed by atoms with Crippen molar-refractivity contribution in [2.24, 2.45) is 0 Å². The summed E-state index contributed by atoms with van der Waals surface area (Å²) in [6.45, 7) is 28.1. The summed E-state index contributed by atoms with van der Waals surface area (Å²) in [5, 5.41) is 6.34. The molecule has 0 saturated carbocycles. The fraction of sp³-hybridized carbons (Fsp3) is 0.353. The molecule has 0 atom stereocenters. The number of hydrogen-bond donors (Lipinski definition) is 0. The van der Waals surface area contributed by atoms with Gasteiger partial charge >= 0.3 is 37.7 Å². The zero-order valence-electron chi connectivity index (χ0n) is 25.5. The van der Waals surface area contributed by atoms with Gasteiger partial charge in [0.15, 0.2) is 0 Å². The second-order valence-corrected chi connectivity index (χ2v) is 20.4. The molecule has 192 valence electrons. The molecule has 3 heteroatoms. The van der Waals surface area contributed by atoms with Gasteiger partial charge in [0.2, 0.25) is 0 Å². The molecule has 0 unspecified atom stereocenters. The van der Waals surface area contributed by atoms with Gasteiger partial charge in [-0.3, -0.25) is 0 Å². The van der Waals surface area contributed by atoms with Crippen LogP contribution in [0.1, 0.15) is 44.5 Å². The Balaban J connectivity index is 0.000000253. The number of benzene rings is 2. The van der Waals surface area contributed by atoms with E-state index in [9.17, 15) is 0 Å². The summed E-state index contributed by atoms with van der Waals surface area (Å²) in [7, 11) is -3.11. The SMILES string of the molecule is Cc1c(C)c([Si](C)(C)c2ccccc2)[c-](C)c1C.Cc1c(C)c([Si](C)(C)c2ccccc2)[c-](C)c1C.[Ca+2]. The standard InChI is InChI=1S/2C17H23Si.Ca/c2*1-12-13(2)15(4)17(14(12)3)18(5,6)16-10-8-7-9-11-16;/h2*7-11H,1-6H3;/q2*-1;+2. The van der Waals surface area contributed by atoms with Gasteiger partial charge in [-0.15, -0.1) is 0 Å². The fourth-order valence-electron chi connectivity index (χ4n) is 6.31. The van der Waals surface area contributed by atoms with E-state index in [2.05, 4.69) is 142 Å². The van der Waals surface area contributed by atoms with Gasteiger partial charge in [-0.25, -0.2) is 0 Å². The summed E-state index contributed by atoms with van der Waals surface area (Å²) in [4.78, 5) is 0. The summed E-state index contributed by atoms with van der Waals surface area (Å²) in [5.74, 6) is 0. The van der Waals surface area contributed by atoms with E-state index < -0.39 is 16.1 Å². The van der Waals surface area contributed by atoms with E-state index in [0.717, 1.165) is 0 Å². The molecule has 4 aromatic rings. The second kappa shape index (κ2) is 12.3. The molecule has 0 aliphatic rings. The maximum atomic E-state index is 2.47. The Kier molecular flexibility index (Phi) is 10.7. The van der Waals surface area contributed by atoms with E-state index in [-0.39, 0.29) is 37.7 Å². The van der Waals surface area contributed by atoms with Crippen LogP contribution in [0.3, 0.4) is 0 Å². The van der Waals surface area contributed by atoms with E-state index >= 15 is 0 Å². The predicted molar refractivity (Wildman–Crippen MR) is 174 cm³/mol. The van der Waals surface area contributed by atoms with Crippen LogP contribution in [0, 0.1) is 55.4 Å². The number of hydrogen-bond acceptors (Lipinski definition) is 0. The maximum absolute atomic E-state index is 2.47. The van der Waals surface area contributed by atoms with Crippen LogP contribution in [-0.2, 0) is 0 Å². The van der Waals surface area contributed by atoms with E-state index in [1.54, 1.807) is 10.4 Å². The predicted octanol–water partition coefficient (Wildman–Crippen LogP) is 6.54. The van der Waals surface area contributed by atoms with Crippen LogP contribution in [0.4, 0.5) is 0 Å². The van der Waals surface area contributed by atoms with E-state index in [1.807, 2.05) is 0 Å². The molecule has 0 aliphatic carbocycles. The Hall–Kier alpha value is -1.17. The normalized spacial score (nSPS) is 11.6. The van der Waals surface area contributed by atoms with Crippen LogP contribution in [-0.4, -0.2) is 53.9 Å². The van der Waals surface area contributed by atoms with Crippen molar-refractivity contribution >= 4 is 74.6 Å². The maximum Gasteiger partial charge on any atom is 2.00 e. The molecule has 0 nitrogen and oxygen atoms in total. The molecule has 0 aromatic heterocycles. The van der Waals surface area contributed by atoms with Crippen molar-refractivity contribution in [1.29, 1.82) is 0 Å². The molecule has 0 radical (unpaired) electrons. The summed E-state index contributed by atoms with van der Waals surface area (Å²) < 4.78 is 0. The van der Waals surface area contributed by atoms with Gasteiger partial charge in [-0.05, 0) is 0 Å². The zero-order chi connectivity index (χ0) is 27.0. The monoisotopic (exact) mass is 550 g/mol. The first-order valence-electron chi connectivity index (χ1n) is 13.3. The molecule has 0 aliphatic heterocycles. The van der Waals surface area contributed by atoms with Crippen molar-refractivity contribution in [3.8, 4) is 0 Å². The van der Waals surface area contributed by atoms with Gasteiger partial charge in [0.25, 0.3) is 0 Å². The van der Waals surface area contributed by atoms with Crippen molar-refractivity contribution in [2.45, 2.75) is 81.6 Å². The zero-order valence-corrected chi connectivity index (χ0v) is 29.7. The molecular weight excluding hydrogens is 505 g/mol. The van der Waals surface area contributed by atoms with E-state index in [0.29, 0.717) is 0 Å². The van der Waals surface area contributed by atoms with Gasteiger partial charge in [0, 0.05) is 0 Å². The summed E-state index contributed by atoms with van der Waals surface area (Å²) in [6, 6.07) is 22.0. The minimum Gasteiger partial charge on any atom is -0.199 e. The topological polar surface area (TPSA) is 0 Å². The molecule has 0 amide bonds. The fourth-order valence-corrected chi connectivity index (χ4v) is 13.4. The minimum atomic E-state index is -1.56. The minimum absolute atomic E-state index is 0. The Morgan fingerprint density at radius 3 is 0.946 bits per heavy atom. The van der Waals surface area contributed by atoms with Crippen LogP contribution < -0.4 is 20.7 Å². The van der Waals surface area contributed by atoms with E-state index in [4.69, 9.17) is 0 Å². The largest absolute Gasteiger partial charge is 2.00 e. The molecule has 0 bridgehead atoms. The first kappa shape index (κ1) is 32.0. The third kappa shape index (κ3) is 6.04. The van der Waals surface area contributed by atoms with Crippen LogP contribution in [0.5, 0.6) is 0 Å². The second-order valence-electron chi connectivity index (χ2n) is 11.7. The molecule has 0 fully saturated rings. The quantitative estimate of drug-likeness (QED) is 0.200. The van der Waals surface area contributed by atoms with Gasteiger partial charge in [0.05, 0.1) is 16.1 Å². The van der Waals surface area contributed by atoms with Gasteiger partial charge in [0.1, 0.15) is 0 Å². The molecule has 37 heavy (non-hydrogen) atoms. The molecule has 4 rings (SSSR count). The average Bonchev–Trinajstić information content (AvgIpc) is 3.19. The smallest absolute Gasteiger partial charge is 0.199 e. The van der Waals surface area contributed by atoms with Crippen molar-refractivity contribution in [2.75, 3.05) is 0 Å². The Labute approximate surface area is 259 Å². The van der Waals surface area contributed by atoms with Crippen molar-refractivity contribution < 1.29 is 0 Å². The summed E-state index contributed by atoms with van der Waals surface area (Å²) >= 11 is 0. The molecule has 0 heterocycles. The van der Waals surface area contributed by atoms with Crippen LogP contribution in [0.25, 0.3) is 0 Å². The molecule has 4 aromatic carbocycles. The summed E-state index contributed by atoms with van der Waals surface area (Å²) in [5.41, 5.74) is 12.0. The van der Waals surface area contributed by atoms with Gasteiger partial charge < -0.3 is 0 Å². The third-order valence-corrected chi connectivity index (χ3v) is 16.7. The molecule has 0 spiro atoms. The average molecular weight is 551 g/mol. The van der Waals surface area contributed by atoms with Crippen LogP contribution in [0.2, 0.25) is 26.2 Å². The van der Waals surface area contributed by atoms with Crippen molar-refractivity contribution in [1.82, 2.24) is 0 Å². The Morgan fingerprint density at radius 2 is 0.730 bits per heavy atom. The van der Waals surface area contributed by atoms with Gasteiger partial charge in [-0.2, -0.15) is 54.9 Å². The molecule has 0 saturated heterocycles. The van der Waals surface area contributed by atoms with Crippen LogP contribution >= 0.6 is 0 Å². The van der Waals surface area contributed by atoms with E-state index in [1.165, 1.54) is 54.9 Å². The first-order chi connectivity index (χ1) is 16.7. The summed E-state index contributed by atoms with van der Waals surface area (Å²) in [6.07, 6.45) is 0. The Bertz CT molecular complexity index is 1180. The molecular formula is C34H46CaSi2. The van der Waals surface area contributed by atoms with Crippen LogP contribution in [0.15, 0.2) is 60.7 Å². The third-order valence-electron chi connectivity index (χ3n) is 9.12. The van der Waals surface area contributed by atoms with Crippen molar-refractivity contribution in [3.05, 3.63) is 105 Å². The van der Waals surface area contributed by atoms with Crippen molar-refractivity contribution in [3.63, 3.8) is 0 Å². The van der Waals surface area contributed by atoms with Gasteiger partial charge in [-0.1, -0.05) is 153 Å².